The van der Waals surface area contributed by atoms with Gasteiger partial charge in [-0.25, -0.2) is 10.8 Å². The van der Waals surface area contributed by atoms with Crippen LogP contribution in [0.4, 0.5) is 0 Å². The highest BCUT2D eigenvalue weighted by molar-refractivity contribution is 5.87. The van der Waals surface area contributed by atoms with Crippen molar-refractivity contribution in [3.8, 4) is 0 Å². The van der Waals surface area contributed by atoms with Crippen LogP contribution in [0.1, 0.15) is 13.8 Å². The molecule has 0 aromatic heterocycles. The lowest BCUT2D eigenvalue weighted by molar-refractivity contribution is -0.132. The summed E-state index contributed by atoms with van der Waals surface area (Å²) in [7, 11) is 1.80. The number of piperazine rings is 1. The zero-order valence-electron chi connectivity index (χ0n) is 9.53. The lowest BCUT2D eigenvalue weighted by atomic mass is 10.3. The third-order valence-corrected chi connectivity index (χ3v) is 2.27. The number of hydrogen-bond acceptors (Lipinski definition) is 3. The zero-order chi connectivity index (χ0) is 11.4. The van der Waals surface area contributed by atoms with Crippen LogP contribution in [-0.2, 0) is 4.79 Å². The Morgan fingerprint density at radius 2 is 2.20 bits per heavy atom. The maximum Gasteiger partial charge on any atom is 0.242 e. The average Bonchev–Trinajstić information content (AvgIpc) is 2.18. The van der Waals surface area contributed by atoms with Crippen LogP contribution >= 0.6 is 0 Å². The van der Waals surface area contributed by atoms with Gasteiger partial charge in [0.2, 0.25) is 11.9 Å². The molecule has 6 heteroatoms. The van der Waals surface area contributed by atoms with Gasteiger partial charge >= 0.3 is 0 Å². The summed E-state index contributed by atoms with van der Waals surface area (Å²) >= 11 is 0. The van der Waals surface area contributed by atoms with Crippen LogP contribution in [0.3, 0.4) is 0 Å². The van der Waals surface area contributed by atoms with Crippen LogP contribution < -0.4 is 11.3 Å². The number of likely N-dealkylation sites (N-methyl/N-ethyl adjacent to an activating group) is 1. The fraction of sp³-hybridized carbons (Fsp3) is 0.778. The number of nitrogens with zero attached hydrogens (tertiary/aromatic N) is 3. The summed E-state index contributed by atoms with van der Waals surface area (Å²) in [6.07, 6.45) is 0. The Morgan fingerprint density at radius 1 is 1.53 bits per heavy atom. The molecule has 86 valence electrons. The van der Waals surface area contributed by atoms with E-state index in [-0.39, 0.29) is 11.9 Å². The lowest BCUT2D eigenvalue weighted by Crippen LogP contribution is -2.55. The molecule has 0 aromatic rings. The number of guanidine groups is 1. The van der Waals surface area contributed by atoms with Crippen LogP contribution in [-0.4, -0.2) is 54.4 Å². The highest BCUT2D eigenvalue weighted by Crippen LogP contribution is 2.02. The van der Waals surface area contributed by atoms with E-state index in [0.717, 1.165) is 6.54 Å². The molecule has 1 amide bonds. The van der Waals surface area contributed by atoms with E-state index in [9.17, 15) is 4.79 Å². The van der Waals surface area contributed by atoms with Crippen LogP contribution in [0.15, 0.2) is 4.99 Å². The van der Waals surface area contributed by atoms with Crippen molar-refractivity contribution in [2.24, 2.45) is 10.8 Å². The van der Waals surface area contributed by atoms with Gasteiger partial charge in [-0.3, -0.25) is 10.2 Å². The molecule has 3 N–H and O–H groups in total. The first-order valence-corrected chi connectivity index (χ1v) is 5.08. The summed E-state index contributed by atoms with van der Waals surface area (Å²) in [6, 6.07) is 0.158. The number of amides is 1. The third kappa shape index (κ3) is 3.09. The molecule has 0 aliphatic carbocycles. The quantitative estimate of drug-likeness (QED) is 0.253. The normalized spacial score (nSPS) is 18.7. The Morgan fingerprint density at radius 3 is 2.67 bits per heavy atom. The van der Waals surface area contributed by atoms with Crippen molar-refractivity contribution in [2.75, 3.05) is 26.7 Å². The van der Waals surface area contributed by atoms with Crippen LogP contribution in [0.25, 0.3) is 0 Å². The summed E-state index contributed by atoms with van der Waals surface area (Å²) in [5.41, 5.74) is 2.54. The van der Waals surface area contributed by atoms with Gasteiger partial charge in [-0.2, -0.15) is 0 Å². The lowest BCUT2D eigenvalue weighted by Gasteiger charge is -2.33. The first-order valence-electron chi connectivity index (χ1n) is 5.08. The van der Waals surface area contributed by atoms with Crippen molar-refractivity contribution in [1.29, 1.82) is 0 Å². The number of rotatable bonds is 1. The smallest absolute Gasteiger partial charge is 0.242 e. The second-order valence-electron chi connectivity index (χ2n) is 3.93. The molecular formula is C9H19N5O. The number of nitrogens with one attached hydrogen (secondary N) is 1. The van der Waals surface area contributed by atoms with E-state index >= 15 is 0 Å². The van der Waals surface area contributed by atoms with E-state index in [0.29, 0.717) is 19.0 Å². The zero-order valence-corrected chi connectivity index (χ0v) is 9.53. The molecule has 6 nitrogen and oxygen atoms in total. The molecule has 1 heterocycles. The van der Waals surface area contributed by atoms with Gasteiger partial charge in [-0.15, -0.1) is 0 Å². The van der Waals surface area contributed by atoms with Gasteiger partial charge in [-0.1, -0.05) is 0 Å². The summed E-state index contributed by atoms with van der Waals surface area (Å²) < 4.78 is 0. The van der Waals surface area contributed by atoms with E-state index < -0.39 is 0 Å². The molecule has 1 aliphatic heterocycles. The van der Waals surface area contributed by atoms with Gasteiger partial charge in [0, 0.05) is 26.2 Å². The van der Waals surface area contributed by atoms with Crippen molar-refractivity contribution in [3.05, 3.63) is 0 Å². The number of hydrogen-bond donors (Lipinski definition) is 2. The summed E-state index contributed by atoms with van der Waals surface area (Å²) in [5.74, 6) is 6.06. The maximum absolute atomic E-state index is 11.5. The van der Waals surface area contributed by atoms with Gasteiger partial charge in [-0.05, 0) is 13.8 Å². The highest BCUT2D eigenvalue weighted by atomic mass is 16.2. The van der Waals surface area contributed by atoms with Crippen molar-refractivity contribution >= 4 is 11.9 Å². The van der Waals surface area contributed by atoms with Crippen molar-refractivity contribution < 1.29 is 4.79 Å². The van der Waals surface area contributed by atoms with Crippen molar-refractivity contribution in [1.82, 2.24) is 15.2 Å². The SMILES string of the molecule is CC(C)N=C(NN)N1CCN(C)C(=O)C1. The van der Waals surface area contributed by atoms with E-state index in [2.05, 4.69) is 10.4 Å². The second kappa shape index (κ2) is 4.97. The standard InChI is InChI=1S/C9H19N5O/c1-7(2)11-9(12-10)14-5-4-13(3)8(15)6-14/h7H,4-6,10H2,1-3H3,(H,11,12). The Balaban J connectivity index is 2.67. The summed E-state index contributed by atoms with van der Waals surface area (Å²) in [5, 5.41) is 0. The second-order valence-corrected chi connectivity index (χ2v) is 3.93. The number of nitrogens with two attached hydrogens (primary N) is 1. The van der Waals surface area contributed by atoms with Crippen molar-refractivity contribution in [3.63, 3.8) is 0 Å². The van der Waals surface area contributed by atoms with Gasteiger partial charge in [0.1, 0.15) is 0 Å². The van der Waals surface area contributed by atoms with Gasteiger partial charge in [0.15, 0.2) is 0 Å². The monoisotopic (exact) mass is 213 g/mol. The highest BCUT2D eigenvalue weighted by Gasteiger charge is 2.23. The molecule has 0 radical (unpaired) electrons. The summed E-state index contributed by atoms with van der Waals surface area (Å²) in [4.78, 5) is 19.4. The Labute approximate surface area is 90.1 Å². The van der Waals surface area contributed by atoms with Crippen LogP contribution in [0, 0.1) is 0 Å². The molecule has 0 atom stereocenters. The molecule has 1 fully saturated rings. The summed E-state index contributed by atoms with van der Waals surface area (Å²) in [6.45, 7) is 5.74. The molecular weight excluding hydrogens is 194 g/mol. The maximum atomic E-state index is 11.5. The minimum Gasteiger partial charge on any atom is -0.342 e. The molecule has 0 aromatic carbocycles. The average molecular weight is 213 g/mol. The number of aliphatic imine (C=N–C) groups is 1. The van der Waals surface area contributed by atoms with Gasteiger partial charge < -0.3 is 9.80 Å². The fourth-order valence-corrected chi connectivity index (χ4v) is 1.39. The molecule has 0 unspecified atom stereocenters. The van der Waals surface area contributed by atoms with Crippen LogP contribution in [0.5, 0.6) is 0 Å². The third-order valence-electron chi connectivity index (χ3n) is 2.27. The predicted octanol–water partition coefficient (Wildman–Crippen LogP) is -1.01. The number of carbonyl (C=O) groups excluding carboxylic acids is 1. The first kappa shape index (κ1) is 11.8. The fourth-order valence-electron chi connectivity index (χ4n) is 1.39. The minimum absolute atomic E-state index is 0.0907. The molecule has 1 aliphatic rings. The Bertz CT molecular complexity index is 263. The van der Waals surface area contributed by atoms with E-state index in [1.165, 1.54) is 0 Å². The Kier molecular flexibility index (Phi) is 3.90. The van der Waals surface area contributed by atoms with Gasteiger partial charge in [0.25, 0.3) is 0 Å². The first-order chi connectivity index (χ1) is 7.04. The molecule has 1 saturated heterocycles. The largest absolute Gasteiger partial charge is 0.342 e. The Hall–Kier alpha value is -1.30. The van der Waals surface area contributed by atoms with E-state index in [1.54, 1.807) is 11.9 Å². The number of carbonyl (C=O) groups is 1. The molecule has 0 saturated carbocycles. The van der Waals surface area contributed by atoms with E-state index in [1.807, 2.05) is 18.7 Å². The van der Waals surface area contributed by atoms with Crippen molar-refractivity contribution in [2.45, 2.75) is 19.9 Å². The van der Waals surface area contributed by atoms with E-state index in [4.69, 9.17) is 5.84 Å². The topological polar surface area (TPSA) is 74.0 Å². The minimum atomic E-state index is 0.0907. The molecule has 0 spiro atoms. The molecule has 0 bridgehead atoms. The van der Waals surface area contributed by atoms with Gasteiger partial charge in [0.05, 0.1) is 6.54 Å². The van der Waals surface area contributed by atoms with Crippen LogP contribution in [0.2, 0.25) is 0 Å². The predicted molar refractivity (Wildman–Crippen MR) is 59.1 cm³/mol. The number of hydrazine groups is 1. The molecule has 1 rings (SSSR count). The molecule has 15 heavy (non-hydrogen) atoms.